The van der Waals surface area contributed by atoms with Crippen LogP contribution in [0.2, 0.25) is 0 Å². The van der Waals surface area contributed by atoms with Gasteiger partial charge < -0.3 is 35.2 Å². The first kappa shape index (κ1) is 30.1. The number of piperidine rings is 1. The average molecular weight is 620 g/mol. The fourth-order valence-corrected chi connectivity index (χ4v) is 5.92. The van der Waals surface area contributed by atoms with Gasteiger partial charge in [-0.15, -0.1) is 0 Å². The van der Waals surface area contributed by atoms with Gasteiger partial charge in [0.2, 0.25) is 18.1 Å². The molecule has 45 heavy (non-hydrogen) atoms. The van der Waals surface area contributed by atoms with Gasteiger partial charge in [0.25, 0.3) is 5.91 Å². The molecule has 0 aliphatic carbocycles. The molecule has 14 nitrogen and oxygen atoms in total. The predicted molar refractivity (Wildman–Crippen MR) is 154 cm³/mol. The van der Waals surface area contributed by atoms with Crippen LogP contribution < -0.4 is 15.5 Å². The Balaban J connectivity index is 1.11. The van der Waals surface area contributed by atoms with E-state index in [2.05, 4.69) is 10.6 Å². The number of aliphatic carboxylic acids is 1. The number of alkyl carbamates (subject to hydrolysis) is 1. The second-order valence-corrected chi connectivity index (χ2v) is 11.1. The molecular formula is C31H29N3O11. The van der Waals surface area contributed by atoms with Gasteiger partial charge in [-0.3, -0.25) is 24.6 Å². The molecule has 3 aliphatic heterocycles. The molecule has 4 amide bonds. The van der Waals surface area contributed by atoms with Crippen LogP contribution in [0.25, 0.3) is 10.8 Å². The Bertz CT molecular complexity index is 1710. The van der Waals surface area contributed by atoms with Gasteiger partial charge in [-0.1, -0.05) is 42.5 Å². The number of carboxylic acid groups (broad SMARTS) is 1. The van der Waals surface area contributed by atoms with Gasteiger partial charge in [-0.05, 0) is 47.1 Å². The summed E-state index contributed by atoms with van der Waals surface area (Å²) in [4.78, 5) is 62.6. The fourth-order valence-electron chi connectivity index (χ4n) is 5.92. The summed E-state index contributed by atoms with van der Waals surface area (Å²) in [5, 5.41) is 45.2. The summed E-state index contributed by atoms with van der Waals surface area (Å²) in [5.41, 5.74) is 3.73. The molecule has 6 atom stereocenters. The van der Waals surface area contributed by atoms with Crippen molar-refractivity contribution in [2.24, 2.45) is 0 Å². The lowest BCUT2D eigenvalue weighted by Gasteiger charge is -2.37. The van der Waals surface area contributed by atoms with E-state index in [1.54, 1.807) is 24.3 Å². The van der Waals surface area contributed by atoms with Crippen molar-refractivity contribution in [1.29, 1.82) is 0 Å². The average Bonchev–Trinajstić information content (AvgIpc) is 3.30. The van der Waals surface area contributed by atoms with Crippen LogP contribution in [0.3, 0.4) is 0 Å². The van der Waals surface area contributed by atoms with Crippen molar-refractivity contribution < 1.29 is 53.9 Å². The lowest BCUT2D eigenvalue weighted by molar-refractivity contribution is -0.278. The maximum absolute atomic E-state index is 13.4. The van der Waals surface area contributed by atoms with Crippen molar-refractivity contribution in [3.8, 4) is 0 Å². The van der Waals surface area contributed by atoms with Gasteiger partial charge in [0.1, 0.15) is 24.4 Å². The highest BCUT2D eigenvalue weighted by Crippen LogP contribution is 2.41. The van der Waals surface area contributed by atoms with E-state index in [9.17, 15) is 39.3 Å². The highest BCUT2D eigenvalue weighted by atomic mass is 16.7. The van der Waals surface area contributed by atoms with Crippen molar-refractivity contribution in [1.82, 2.24) is 10.6 Å². The van der Waals surface area contributed by atoms with Crippen LogP contribution in [0.1, 0.15) is 39.9 Å². The smallest absolute Gasteiger partial charge is 0.409 e. The van der Waals surface area contributed by atoms with E-state index in [1.165, 1.54) is 4.90 Å². The minimum Gasteiger partial charge on any atom is -0.479 e. The van der Waals surface area contributed by atoms with Crippen molar-refractivity contribution in [3.05, 3.63) is 76.9 Å². The lowest BCUT2D eigenvalue weighted by Crippen LogP contribution is -2.61. The first-order valence-corrected chi connectivity index (χ1v) is 14.2. The van der Waals surface area contributed by atoms with E-state index in [-0.39, 0.29) is 31.2 Å². The molecule has 0 unspecified atom stereocenters. The van der Waals surface area contributed by atoms with Crippen LogP contribution in [0.4, 0.5) is 10.5 Å². The molecule has 0 spiro atoms. The van der Waals surface area contributed by atoms with E-state index in [0.29, 0.717) is 23.2 Å². The first-order valence-electron chi connectivity index (χ1n) is 14.2. The zero-order chi connectivity index (χ0) is 32.0. The zero-order valence-corrected chi connectivity index (χ0v) is 23.6. The summed E-state index contributed by atoms with van der Waals surface area (Å²) in [6.45, 7) is 0.0226. The van der Waals surface area contributed by atoms with Gasteiger partial charge >= 0.3 is 12.1 Å². The van der Waals surface area contributed by atoms with Gasteiger partial charge in [-0.2, -0.15) is 0 Å². The molecule has 0 radical (unpaired) electrons. The van der Waals surface area contributed by atoms with E-state index in [0.717, 1.165) is 21.9 Å². The maximum atomic E-state index is 13.4. The van der Waals surface area contributed by atoms with Gasteiger partial charge in [-0.25, -0.2) is 9.59 Å². The Hall–Kier alpha value is -4.89. The summed E-state index contributed by atoms with van der Waals surface area (Å²) >= 11 is 0. The van der Waals surface area contributed by atoms with Crippen LogP contribution in [0, 0.1) is 0 Å². The minimum atomic E-state index is -1.90. The summed E-state index contributed by atoms with van der Waals surface area (Å²) in [6, 6.07) is 15.7. The number of hydrogen-bond acceptors (Lipinski definition) is 10. The summed E-state index contributed by atoms with van der Waals surface area (Å²) in [7, 11) is 0. The number of carbonyl (C=O) groups excluding carboxylic acids is 4. The number of aliphatic hydroxyl groups excluding tert-OH is 3. The van der Waals surface area contributed by atoms with Gasteiger partial charge in [0.05, 0.1) is 5.69 Å². The number of imide groups is 1. The minimum absolute atomic E-state index is 0.0226. The van der Waals surface area contributed by atoms with E-state index >= 15 is 0 Å². The van der Waals surface area contributed by atoms with Crippen molar-refractivity contribution >= 4 is 46.2 Å². The number of nitrogens with one attached hydrogen (secondary N) is 2. The molecule has 6 rings (SSSR count). The molecule has 3 aromatic carbocycles. The quantitative estimate of drug-likeness (QED) is 0.198. The monoisotopic (exact) mass is 619 g/mol. The molecule has 234 valence electrons. The van der Waals surface area contributed by atoms with E-state index in [1.807, 2.05) is 30.3 Å². The van der Waals surface area contributed by atoms with Crippen LogP contribution in [0.15, 0.2) is 54.6 Å². The Kier molecular flexibility index (Phi) is 7.97. The summed E-state index contributed by atoms with van der Waals surface area (Å²) in [6.07, 6.45) is -9.46. The Morgan fingerprint density at radius 1 is 0.956 bits per heavy atom. The van der Waals surface area contributed by atoms with Crippen molar-refractivity contribution in [2.45, 2.75) is 62.6 Å². The third-order valence-electron chi connectivity index (χ3n) is 8.23. The zero-order valence-electron chi connectivity index (χ0n) is 23.6. The van der Waals surface area contributed by atoms with Crippen LogP contribution in [0.5, 0.6) is 0 Å². The second kappa shape index (κ2) is 11.9. The molecule has 0 aromatic heterocycles. The molecule has 2 fully saturated rings. The molecule has 0 saturated carbocycles. The molecule has 2 saturated heterocycles. The van der Waals surface area contributed by atoms with Crippen LogP contribution >= 0.6 is 0 Å². The number of hydrogen-bond donors (Lipinski definition) is 6. The normalized spacial score (nSPS) is 26.1. The number of ether oxygens (including phenoxy) is 2. The largest absolute Gasteiger partial charge is 0.479 e. The highest BCUT2D eigenvalue weighted by Gasteiger charge is 2.48. The van der Waals surface area contributed by atoms with E-state index in [4.69, 9.17) is 14.6 Å². The number of carboxylic acids is 1. The highest BCUT2D eigenvalue weighted by molar-refractivity contribution is 6.27. The molecule has 3 aliphatic rings. The van der Waals surface area contributed by atoms with Gasteiger partial charge in [0.15, 0.2) is 6.10 Å². The summed E-state index contributed by atoms with van der Waals surface area (Å²) in [5.74, 6) is -2.72. The fraction of sp³-hybridized carbons (Fsp3) is 0.323. The molecule has 3 heterocycles. The molecular weight excluding hydrogens is 590 g/mol. The Morgan fingerprint density at radius 2 is 1.69 bits per heavy atom. The van der Waals surface area contributed by atoms with Crippen LogP contribution in [-0.4, -0.2) is 87.0 Å². The molecule has 14 heteroatoms. The number of carbonyl (C=O) groups is 5. The number of amides is 4. The maximum Gasteiger partial charge on any atom is 0.409 e. The SMILES string of the molecule is O=C1CC[C@@H](N2C(=O)c3cccc4c(Cc5ccc(CNC(=O)O[C@@H]6O[C@H](C(=O)O)[C@@H](O)[C@H](O)[C@H]6O)cc5)ccc2c34)C(=O)N1. The van der Waals surface area contributed by atoms with Gasteiger partial charge in [0, 0.05) is 23.9 Å². The Morgan fingerprint density at radius 3 is 2.40 bits per heavy atom. The molecule has 3 aromatic rings. The standard InChI is InChI=1S/C31H29N3O11/c35-21-11-10-20(27(39)33-21)34-19-9-8-16(17-2-1-3-18(22(17)19)28(34)40)12-14-4-6-15(7-5-14)13-32-31(43)45-30-25(38)23(36)24(37)26(44-30)29(41)42/h1-9,20,23-26,30,36-38H,10-13H2,(H,32,43)(H,41,42)(H,33,35,39)/t20-,23+,24+,25-,26+,30+/m1/s1. The van der Waals surface area contributed by atoms with Crippen molar-refractivity contribution in [3.63, 3.8) is 0 Å². The third kappa shape index (κ3) is 5.60. The van der Waals surface area contributed by atoms with E-state index < -0.39 is 54.7 Å². The topological polar surface area (TPSA) is 212 Å². The first-order chi connectivity index (χ1) is 21.5. The second-order valence-electron chi connectivity index (χ2n) is 11.1. The molecule has 0 bridgehead atoms. The van der Waals surface area contributed by atoms with Crippen molar-refractivity contribution in [2.75, 3.05) is 4.90 Å². The van der Waals surface area contributed by atoms with Crippen LogP contribution in [-0.2, 0) is 36.8 Å². The number of benzene rings is 3. The summed E-state index contributed by atoms with van der Waals surface area (Å²) < 4.78 is 9.88. The predicted octanol–water partition coefficient (Wildman–Crippen LogP) is 0.314. The molecule has 6 N–H and O–H groups in total. The number of anilines is 1. The number of rotatable bonds is 7. The lowest BCUT2D eigenvalue weighted by atomic mass is 9.95. The number of nitrogens with zero attached hydrogens (tertiary/aromatic N) is 1. The third-order valence-corrected chi connectivity index (χ3v) is 8.23. The number of aliphatic hydroxyl groups is 3. The Labute approximate surface area is 255 Å².